The first-order valence-corrected chi connectivity index (χ1v) is 8.51. The standard InChI is InChI=1S/C17H25BrN2O2/c1-12-9-20(10-13(2)22-12)17(3,4)11-19-16(21)14-5-7-15(18)8-6-14/h5-8,12-13H,9-11H2,1-4H3,(H,19,21)/t12-,13-/m1/s1. The van der Waals surface area contributed by atoms with Gasteiger partial charge in [0.05, 0.1) is 12.2 Å². The summed E-state index contributed by atoms with van der Waals surface area (Å²) in [5, 5.41) is 3.05. The summed E-state index contributed by atoms with van der Waals surface area (Å²) in [5.41, 5.74) is 0.583. The molecule has 1 aromatic rings. The number of nitrogens with zero attached hydrogens (tertiary/aromatic N) is 1. The molecule has 122 valence electrons. The minimum atomic E-state index is -0.0999. The van der Waals surface area contributed by atoms with E-state index >= 15 is 0 Å². The molecule has 1 aromatic carbocycles. The molecule has 0 saturated carbocycles. The Kier molecular flexibility index (Phi) is 5.64. The van der Waals surface area contributed by atoms with Crippen LogP contribution in [-0.4, -0.2) is 48.2 Å². The van der Waals surface area contributed by atoms with E-state index < -0.39 is 0 Å². The lowest BCUT2D eigenvalue weighted by Crippen LogP contribution is -2.58. The molecule has 22 heavy (non-hydrogen) atoms. The predicted molar refractivity (Wildman–Crippen MR) is 92.1 cm³/mol. The molecule has 2 rings (SSSR count). The van der Waals surface area contributed by atoms with Crippen molar-refractivity contribution in [3.63, 3.8) is 0 Å². The van der Waals surface area contributed by atoms with Gasteiger partial charge in [0.1, 0.15) is 0 Å². The fraction of sp³-hybridized carbons (Fsp3) is 0.588. The number of hydrogen-bond donors (Lipinski definition) is 1. The van der Waals surface area contributed by atoms with E-state index in [0.29, 0.717) is 12.1 Å². The summed E-state index contributed by atoms with van der Waals surface area (Å²) < 4.78 is 6.76. The molecule has 5 heteroatoms. The molecule has 0 unspecified atom stereocenters. The van der Waals surface area contributed by atoms with Gasteiger partial charge in [0, 0.05) is 35.2 Å². The van der Waals surface area contributed by atoms with Gasteiger partial charge in [-0.05, 0) is 52.0 Å². The molecule has 1 N–H and O–H groups in total. The van der Waals surface area contributed by atoms with E-state index in [1.807, 2.05) is 24.3 Å². The highest BCUT2D eigenvalue weighted by molar-refractivity contribution is 9.10. The highest BCUT2D eigenvalue weighted by Crippen LogP contribution is 2.21. The molecule has 1 aliphatic heterocycles. The first-order valence-electron chi connectivity index (χ1n) is 7.72. The first kappa shape index (κ1) is 17.4. The van der Waals surface area contributed by atoms with Crippen LogP contribution in [0.2, 0.25) is 0 Å². The molecular formula is C17H25BrN2O2. The van der Waals surface area contributed by atoms with Gasteiger partial charge in [-0.1, -0.05) is 15.9 Å². The molecule has 1 saturated heterocycles. The van der Waals surface area contributed by atoms with Crippen molar-refractivity contribution in [1.82, 2.24) is 10.2 Å². The molecule has 2 atom stereocenters. The van der Waals surface area contributed by atoms with Crippen molar-refractivity contribution in [1.29, 1.82) is 0 Å². The molecule has 1 aliphatic rings. The Morgan fingerprint density at radius 3 is 2.36 bits per heavy atom. The lowest BCUT2D eigenvalue weighted by atomic mass is 10.00. The molecule has 1 amide bonds. The van der Waals surface area contributed by atoms with Crippen LogP contribution in [0.15, 0.2) is 28.7 Å². The van der Waals surface area contributed by atoms with Crippen LogP contribution in [0.4, 0.5) is 0 Å². The topological polar surface area (TPSA) is 41.6 Å². The third-order valence-corrected chi connectivity index (χ3v) is 4.59. The third kappa shape index (κ3) is 4.54. The number of nitrogens with one attached hydrogen (secondary N) is 1. The van der Waals surface area contributed by atoms with Crippen molar-refractivity contribution in [3.8, 4) is 0 Å². The number of carbonyl (C=O) groups excluding carboxylic acids is 1. The summed E-state index contributed by atoms with van der Waals surface area (Å²) in [6.07, 6.45) is 0.454. The number of hydrogen-bond acceptors (Lipinski definition) is 3. The smallest absolute Gasteiger partial charge is 0.251 e. The highest BCUT2D eigenvalue weighted by atomic mass is 79.9. The number of carbonyl (C=O) groups is 1. The molecule has 0 radical (unpaired) electrons. The number of benzene rings is 1. The molecule has 0 bridgehead atoms. The predicted octanol–water partition coefficient (Wildman–Crippen LogP) is 3.07. The summed E-state index contributed by atoms with van der Waals surface area (Å²) in [6, 6.07) is 7.41. The quantitative estimate of drug-likeness (QED) is 0.887. The maximum absolute atomic E-state index is 12.2. The molecule has 1 fully saturated rings. The third-order valence-electron chi connectivity index (χ3n) is 4.06. The van der Waals surface area contributed by atoms with Gasteiger partial charge in [-0.3, -0.25) is 9.69 Å². The van der Waals surface area contributed by atoms with E-state index in [-0.39, 0.29) is 23.7 Å². The first-order chi connectivity index (χ1) is 10.3. The summed E-state index contributed by atoms with van der Waals surface area (Å²) in [4.78, 5) is 14.6. The van der Waals surface area contributed by atoms with Crippen LogP contribution in [0.25, 0.3) is 0 Å². The molecule has 0 aliphatic carbocycles. The van der Waals surface area contributed by atoms with Crippen molar-refractivity contribution in [2.45, 2.75) is 45.4 Å². The largest absolute Gasteiger partial charge is 0.373 e. The van der Waals surface area contributed by atoms with Gasteiger partial charge in [-0.2, -0.15) is 0 Å². The van der Waals surface area contributed by atoms with Crippen molar-refractivity contribution in [2.75, 3.05) is 19.6 Å². The van der Waals surface area contributed by atoms with Gasteiger partial charge >= 0.3 is 0 Å². The van der Waals surface area contributed by atoms with E-state index in [1.54, 1.807) is 0 Å². The Morgan fingerprint density at radius 2 is 1.82 bits per heavy atom. The number of ether oxygens (including phenoxy) is 1. The maximum Gasteiger partial charge on any atom is 0.251 e. The Balaban J connectivity index is 1.94. The maximum atomic E-state index is 12.2. The van der Waals surface area contributed by atoms with E-state index in [1.165, 1.54) is 0 Å². The minimum Gasteiger partial charge on any atom is -0.373 e. The monoisotopic (exact) mass is 368 g/mol. The summed E-state index contributed by atoms with van der Waals surface area (Å²) >= 11 is 3.38. The molecule has 4 nitrogen and oxygen atoms in total. The van der Waals surface area contributed by atoms with Crippen molar-refractivity contribution in [3.05, 3.63) is 34.3 Å². The Hall–Kier alpha value is -0.910. The average Bonchev–Trinajstić information content (AvgIpc) is 2.44. The number of morpholine rings is 1. The van der Waals surface area contributed by atoms with Crippen molar-refractivity contribution < 1.29 is 9.53 Å². The fourth-order valence-electron chi connectivity index (χ4n) is 2.78. The van der Waals surface area contributed by atoms with Gasteiger partial charge in [0.2, 0.25) is 0 Å². The van der Waals surface area contributed by atoms with Gasteiger partial charge in [0.25, 0.3) is 5.91 Å². The van der Waals surface area contributed by atoms with Gasteiger partial charge < -0.3 is 10.1 Å². The second kappa shape index (κ2) is 7.11. The van der Waals surface area contributed by atoms with Crippen molar-refractivity contribution >= 4 is 21.8 Å². The van der Waals surface area contributed by atoms with Crippen LogP contribution >= 0.6 is 15.9 Å². The second-order valence-corrected chi connectivity index (χ2v) is 7.58. The number of amides is 1. The zero-order valence-corrected chi connectivity index (χ0v) is 15.3. The highest BCUT2D eigenvalue weighted by Gasteiger charge is 2.33. The normalized spacial score (nSPS) is 23.3. The fourth-order valence-corrected chi connectivity index (χ4v) is 3.05. The molecule has 1 heterocycles. The molecular weight excluding hydrogens is 344 g/mol. The van der Waals surface area contributed by atoms with E-state index in [9.17, 15) is 4.79 Å². The van der Waals surface area contributed by atoms with Crippen LogP contribution in [-0.2, 0) is 4.74 Å². The zero-order chi connectivity index (χ0) is 16.3. The Bertz CT molecular complexity index is 506. The Morgan fingerprint density at radius 1 is 1.27 bits per heavy atom. The van der Waals surface area contributed by atoms with Gasteiger partial charge in [0.15, 0.2) is 0 Å². The van der Waals surface area contributed by atoms with Crippen LogP contribution < -0.4 is 5.32 Å². The van der Waals surface area contributed by atoms with E-state index in [2.05, 4.69) is 53.8 Å². The van der Waals surface area contributed by atoms with E-state index in [4.69, 9.17) is 4.74 Å². The summed E-state index contributed by atoms with van der Waals surface area (Å²) in [5.74, 6) is -0.0325. The minimum absolute atomic E-state index is 0.0325. The van der Waals surface area contributed by atoms with Crippen LogP contribution in [0.5, 0.6) is 0 Å². The van der Waals surface area contributed by atoms with E-state index in [0.717, 1.165) is 17.6 Å². The number of rotatable bonds is 4. The van der Waals surface area contributed by atoms with Crippen molar-refractivity contribution in [2.24, 2.45) is 0 Å². The van der Waals surface area contributed by atoms with Crippen LogP contribution in [0.3, 0.4) is 0 Å². The van der Waals surface area contributed by atoms with Gasteiger partial charge in [-0.15, -0.1) is 0 Å². The SMILES string of the molecule is C[C@@H]1CN(C(C)(C)CNC(=O)c2ccc(Br)cc2)C[C@@H](C)O1. The van der Waals surface area contributed by atoms with Crippen LogP contribution in [0, 0.1) is 0 Å². The number of halogens is 1. The Labute approximate surface area is 141 Å². The zero-order valence-electron chi connectivity index (χ0n) is 13.7. The lowest BCUT2D eigenvalue weighted by molar-refractivity contribution is -0.0948. The molecule has 0 aromatic heterocycles. The average molecular weight is 369 g/mol. The second-order valence-electron chi connectivity index (χ2n) is 6.66. The van der Waals surface area contributed by atoms with Crippen LogP contribution in [0.1, 0.15) is 38.1 Å². The van der Waals surface area contributed by atoms with Gasteiger partial charge in [-0.25, -0.2) is 0 Å². The summed E-state index contributed by atoms with van der Waals surface area (Å²) in [6.45, 7) is 10.9. The molecule has 0 spiro atoms. The lowest BCUT2D eigenvalue weighted by Gasteiger charge is -2.45. The summed E-state index contributed by atoms with van der Waals surface area (Å²) in [7, 11) is 0.